The molecule has 19 heavy (non-hydrogen) atoms. The zero-order chi connectivity index (χ0) is 13.8. The van der Waals surface area contributed by atoms with Crippen molar-refractivity contribution in [3.63, 3.8) is 0 Å². The van der Waals surface area contributed by atoms with E-state index in [-0.39, 0.29) is 10.8 Å². The van der Waals surface area contributed by atoms with Gasteiger partial charge in [-0.25, -0.2) is 0 Å². The minimum atomic E-state index is -0.481. The third-order valence-electron chi connectivity index (χ3n) is 2.57. The number of hydrogen-bond acceptors (Lipinski definition) is 5. The molecule has 0 saturated carbocycles. The van der Waals surface area contributed by atoms with E-state index in [1.54, 1.807) is 0 Å². The lowest BCUT2D eigenvalue weighted by Gasteiger charge is -2.05. The van der Waals surface area contributed by atoms with Crippen LogP contribution in [-0.4, -0.2) is 10.7 Å². The van der Waals surface area contributed by atoms with Gasteiger partial charge in [0.1, 0.15) is 5.00 Å². The molecule has 0 radical (unpaired) electrons. The number of rotatable bonds is 5. The number of nitrogens with one attached hydrogen (secondary N) is 1. The maximum Gasteiger partial charge on any atom is 0.326 e. The van der Waals surface area contributed by atoms with Crippen LogP contribution in [0.15, 0.2) is 36.4 Å². The van der Waals surface area contributed by atoms with Gasteiger partial charge in [0.25, 0.3) is 0 Å². The standard InChI is InChI=1S/C13H12N2O3S/c1-9(16)11-7-12(15(17)18)19-13(11)14-8-10-5-3-2-4-6-10/h2-7,14H,8H2,1H3. The lowest BCUT2D eigenvalue weighted by molar-refractivity contribution is -0.380. The number of benzene rings is 1. The molecule has 1 N–H and O–H groups in total. The van der Waals surface area contributed by atoms with Crippen molar-refractivity contribution in [1.82, 2.24) is 0 Å². The van der Waals surface area contributed by atoms with E-state index < -0.39 is 4.92 Å². The molecular weight excluding hydrogens is 264 g/mol. The summed E-state index contributed by atoms with van der Waals surface area (Å²) in [5.74, 6) is -0.181. The fourth-order valence-corrected chi connectivity index (χ4v) is 2.56. The molecule has 0 amide bonds. The molecule has 5 nitrogen and oxygen atoms in total. The zero-order valence-corrected chi connectivity index (χ0v) is 11.1. The molecule has 0 bridgehead atoms. The summed E-state index contributed by atoms with van der Waals surface area (Å²) in [7, 11) is 0. The molecule has 0 saturated heterocycles. The fourth-order valence-electron chi connectivity index (χ4n) is 1.64. The Bertz CT molecular complexity index is 608. The highest BCUT2D eigenvalue weighted by Gasteiger charge is 2.19. The van der Waals surface area contributed by atoms with E-state index in [4.69, 9.17) is 0 Å². The Balaban J connectivity index is 2.19. The van der Waals surface area contributed by atoms with Crippen LogP contribution in [0.4, 0.5) is 10.0 Å². The SMILES string of the molecule is CC(=O)c1cc([N+](=O)[O-])sc1NCc1ccccc1. The highest BCUT2D eigenvalue weighted by molar-refractivity contribution is 7.19. The Morgan fingerprint density at radius 1 is 1.37 bits per heavy atom. The summed E-state index contributed by atoms with van der Waals surface area (Å²) in [5.41, 5.74) is 1.42. The van der Waals surface area contributed by atoms with Gasteiger partial charge in [0, 0.05) is 12.6 Å². The third kappa shape index (κ3) is 3.17. The molecule has 98 valence electrons. The summed E-state index contributed by atoms with van der Waals surface area (Å²) in [6, 6.07) is 11.0. The van der Waals surface area contributed by atoms with Crippen LogP contribution in [0.1, 0.15) is 22.8 Å². The molecule has 0 unspecified atom stereocenters. The monoisotopic (exact) mass is 276 g/mol. The van der Waals surface area contributed by atoms with Crippen LogP contribution in [0.5, 0.6) is 0 Å². The number of anilines is 1. The van der Waals surface area contributed by atoms with Crippen molar-refractivity contribution >= 4 is 27.1 Å². The van der Waals surface area contributed by atoms with Crippen LogP contribution in [0, 0.1) is 10.1 Å². The number of carbonyl (C=O) groups is 1. The number of nitrogens with zero attached hydrogens (tertiary/aromatic N) is 1. The predicted molar refractivity (Wildman–Crippen MR) is 74.7 cm³/mol. The quantitative estimate of drug-likeness (QED) is 0.515. The predicted octanol–water partition coefficient (Wildman–Crippen LogP) is 3.47. The summed E-state index contributed by atoms with van der Waals surface area (Å²) < 4.78 is 0. The van der Waals surface area contributed by atoms with Gasteiger partial charge < -0.3 is 5.32 Å². The van der Waals surface area contributed by atoms with Gasteiger partial charge in [-0.3, -0.25) is 14.9 Å². The van der Waals surface area contributed by atoms with Crippen LogP contribution in [-0.2, 0) is 6.54 Å². The first-order valence-electron chi connectivity index (χ1n) is 5.65. The van der Waals surface area contributed by atoms with E-state index in [2.05, 4.69) is 5.32 Å². The third-order valence-corrected chi connectivity index (χ3v) is 3.62. The second-order valence-electron chi connectivity index (χ2n) is 3.98. The van der Waals surface area contributed by atoms with Crippen LogP contribution >= 0.6 is 11.3 Å². The number of Topliss-reactive ketones (excluding diaryl/α,β-unsaturated/α-hetero) is 1. The van der Waals surface area contributed by atoms with Crippen molar-refractivity contribution in [2.24, 2.45) is 0 Å². The highest BCUT2D eigenvalue weighted by atomic mass is 32.1. The first-order chi connectivity index (χ1) is 9.08. The second-order valence-corrected chi connectivity index (χ2v) is 5.01. The zero-order valence-electron chi connectivity index (χ0n) is 10.3. The normalized spacial score (nSPS) is 10.2. The van der Waals surface area contributed by atoms with Gasteiger partial charge in [-0.2, -0.15) is 0 Å². The summed E-state index contributed by atoms with van der Waals surface area (Å²) >= 11 is 0.984. The Kier molecular flexibility index (Phi) is 3.91. The fraction of sp³-hybridized carbons (Fsp3) is 0.154. The first kappa shape index (κ1) is 13.2. The molecule has 2 aromatic rings. The summed E-state index contributed by atoms with van der Waals surface area (Å²) in [6.07, 6.45) is 0. The minimum absolute atomic E-state index is 0.0271. The Hall–Kier alpha value is -2.21. The van der Waals surface area contributed by atoms with Crippen molar-refractivity contribution in [2.75, 3.05) is 5.32 Å². The molecule has 1 aromatic carbocycles. The molecule has 0 aliphatic rings. The first-order valence-corrected chi connectivity index (χ1v) is 6.46. The summed E-state index contributed by atoms with van der Waals surface area (Å²) in [4.78, 5) is 21.7. The van der Waals surface area contributed by atoms with Crippen LogP contribution < -0.4 is 5.32 Å². The van der Waals surface area contributed by atoms with E-state index in [0.29, 0.717) is 17.1 Å². The van der Waals surface area contributed by atoms with Gasteiger partial charge in [-0.05, 0) is 23.8 Å². The molecule has 0 aliphatic heterocycles. The Morgan fingerprint density at radius 2 is 2.05 bits per heavy atom. The number of thiophene rings is 1. The molecule has 1 heterocycles. The van der Waals surface area contributed by atoms with E-state index in [9.17, 15) is 14.9 Å². The average Bonchev–Trinajstić information content (AvgIpc) is 2.82. The number of hydrogen-bond donors (Lipinski definition) is 1. The molecule has 6 heteroatoms. The lowest BCUT2D eigenvalue weighted by atomic mass is 10.2. The van der Waals surface area contributed by atoms with Crippen LogP contribution in [0.25, 0.3) is 0 Å². The topological polar surface area (TPSA) is 72.2 Å². The Labute approximate surface area is 114 Å². The van der Waals surface area contributed by atoms with Crippen molar-refractivity contribution in [3.05, 3.63) is 57.6 Å². The average molecular weight is 276 g/mol. The number of ketones is 1. The van der Waals surface area contributed by atoms with Gasteiger partial charge in [0.2, 0.25) is 0 Å². The highest BCUT2D eigenvalue weighted by Crippen LogP contribution is 2.34. The van der Waals surface area contributed by atoms with Gasteiger partial charge in [0.15, 0.2) is 5.78 Å². The molecule has 0 fully saturated rings. The second kappa shape index (κ2) is 5.62. The van der Waals surface area contributed by atoms with E-state index >= 15 is 0 Å². The minimum Gasteiger partial charge on any atom is -0.372 e. The summed E-state index contributed by atoms with van der Waals surface area (Å²) in [6.45, 7) is 1.93. The van der Waals surface area contributed by atoms with Crippen molar-refractivity contribution < 1.29 is 9.72 Å². The van der Waals surface area contributed by atoms with E-state index in [0.717, 1.165) is 16.9 Å². The molecule has 0 atom stereocenters. The van der Waals surface area contributed by atoms with Crippen molar-refractivity contribution in [1.29, 1.82) is 0 Å². The van der Waals surface area contributed by atoms with Gasteiger partial charge >= 0.3 is 5.00 Å². The van der Waals surface area contributed by atoms with Crippen LogP contribution in [0.2, 0.25) is 0 Å². The molecule has 0 aliphatic carbocycles. The van der Waals surface area contributed by atoms with Gasteiger partial charge in [-0.15, -0.1) is 0 Å². The maximum atomic E-state index is 11.5. The van der Waals surface area contributed by atoms with Crippen molar-refractivity contribution in [2.45, 2.75) is 13.5 Å². The number of carbonyl (C=O) groups excluding carboxylic acids is 1. The van der Waals surface area contributed by atoms with E-state index in [1.807, 2.05) is 30.3 Å². The maximum absolute atomic E-state index is 11.5. The lowest BCUT2D eigenvalue weighted by Crippen LogP contribution is -2.01. The van der Waals surface area contributed by atoms with Gasteiger partial charge in [-0.1, -0.05) is 30.3 Å². The molecule has 1 aromatic heterocycles. The largest absolute Gasteiger partial charge is 0.372 e. The van der Waals surface area contributed by atoms with Gasteiger partial charge in [0.05, 0.1) is 10.5 Å². The summed E-state index contributed by atoms with van der Waals surface area (Å²) in [5, 5.41) is 14.3. The molecule has 2 rings (SSSR count). The molecule has 0 spiro atoms. The van der Waals surface area contributed by atoms with Crippen LogP contribution in [0.3, 0.4) is 0 Å². The van der Waals surface area contributed by atoms with Crippen molar-refractivity contribution in [3.8, 4) is 0 Å². The Morgan fingerprint density at radius 3 is 2.63 bits per heavy atom. The number of nitro groups is 1. The molecular formula is C13H12N2O3S. The van der Waals surface area contributed by atoms with E-state index in [1.165, 1.54) is 13.0 Å². The smallest absolute Gasteiger partial charge is 0.326 e.